The van der Waals surface area contributed by atoms with E-state index in [9.17, 15) is 14.0 Å². The van der Waals surface area contributed by atoms with Crippen molar-refractivity contribution in [2.75, 3.05) is 19.8 Å². The summed E-state index contributed by atoms with van der Waals surface area (Å²) in [5, 5.41) is 0. The fraction of sp³-hybridized carbons (Fsp3) is 0.172. The molecule has 0 fully saturated rings. The number of benzene rings is 3. The van der Waals surface area contributed by atoms with E-state index in [0.29, 0.717) is 30.9 Å². The quantitative estimate of drug-likeness (QED) is 0.126. The predicted octanol–water partition coefficient (Wildman–Crippen LogP) is 5.34. The van der Waals surface area contributed by atoms with Crippen LogP contribution in [0.25, 0.3) is 0 Å². The maximum absolute atomic E-state index is 14.5. The summed E-state index contributed by atoms with van der Waals surface area (Å²) in [4.78, 5) is 23.4. The van der Waals surface area contributed by atoms with Gasteiger partial charge in [-0.25, -0.2) is 14.0 Å². The van der Waals surface area contributed by atoms with Gasteiger partial charge in [-0.2, -0.15) is 0 Å². The molecule has 36 heavy (non-hydrogen) atoms. The number of ether oxygens (including phenoxy) is 4. The van der Waals surface area contributed by atoms with Crippen LogP contribution >= 0.6 is 0 Å². The highest BCUT2D eigenvalue weighted by Gasteiger charge is 2.12. The normalized spacial score (nSPS) is 9.94. The fourth-order valence-corrected chi connectivity index (χ4v) is 2.93. The summed E-state index contributed by atoms with van der Waals surface area (Å²) >= 11 is 0. The number of halogens is 1. The van der Waals surface area contributed by atoms with Crippen molar-refractivity contribution < 1.29 is 32.9 Å². The molecular weight excluding hydrogens is 463 g/mol. The Morgan fingerprint density at radius 2 is 1.53 bits per heavy atom. The third kappa shape index (κ3) is 8.03. The van der Waals surface area contributed by atoms with Crippen molar-refractivity contribution in [3.8, 4) is 29.1 Å². The van der Waals surface area contributed by atoms with Gasteiger partial charge in [0.1, 0.15) is 11.5 Å². The number of hydrogen-bond donors (Lipinski definition) is 0. The molecule has 0 atom stereocenters. The van der Waals surface area contributed by atoms with Gasteiger partial charge in [-0.15, -0.1) is 0 Å². The summed E-state index contributed by atoms with van der Waals surface area (Å²) in [5.41, 5.74) is 1.45. The second kappa shape index (κ2) is 13.4. The minimum Gasteiger partial charge on any atom is -0.494 e. The maximum atomic E-state index is 14.5. The fourth-order valence-electron chi connectivity index (χ4n) is 2.93. The largest absolute Gasteiger partial charge is 0.494 e. The minimum atomic E-state index is -0.704. The molecule has 0 heterocycles. The molecular formula is C29H25FO6. The first-order valence-corrected chi connectivity index (χ1v) is 11.3. The SMILES string of the molecule is C=CC(=O)OCCCOc1ccc(C(=O)Oc2ccc(C#Cc3ccc(OCC)cc3)cc2F)cc1. The Kier molecular flexibility index (Phi) is 9.66. The van der Waals surface area contributed by atoms with Crippen LogP contribution in [0.1, 0.15) is 34.8 Å². The summed E-state index contributed by atoms with van der Waals surface area (Å²) < 4.78 is 35.5. The van der Waals surface area contributed by atoms with Crippen molar-refractivity contribution in [1.29, 1.82) is 0 Å². The van der Waals surface area contributed by atoms with Crippen LogP contribution in [0.4, 0.5) is 4.39 Å². The second-order valence-corrected chi connectivity index (χ2v) is 7.34. The summed E-state index contributed by atoms with van der Waals surface area (Å²) in [6, 6.07) is 17.7. The lowest BCUT2D eigenvalue weighted by Gasteiger charge is -2.08. The zero-order chi connectivity index (χ0) is 25.8. The number of carbonyl (C=O) groups is 2. The Morgan fingerprint density at radius 3 is 2.19 bits per heavy atom. The van der Waals surface area contributed by atoms with Gasteiger partial charge in [0.25, 0.3) is 0 Å². The van der Waals surface area contributed by atoms with Crippen molar-refractivity contribution >= 4 is 11.9 Å². The van der Waals surface area contributed by atoms with Gasteiger partial charge in [-0.05, 0) is 73.7 Å². The predicted molar refractivity (Wildman–Crippen MR) is 133 cm³/mol. The van der Waals surface area contributed by atoms with Gasteiger partial charge in [0, 0.05) is 23.6 Å². The molecule has 0 amide bonds. The van der Waals surface area contributed by atoms with Crippen LogP contribution < -0.4 is 14.2 Å². The smallest absolute Gasteiger partial charge is 0.343 e. The standard InChI is InChI=1S/C29H25FO6/c1-3-28(31)35-19-5-18-34-25-15-11-23(12-16-25)29(32)36-27-17-10-22(20-26(27)30)7-6-21-8-13-24(14-9-21)33-4-2/h3,8-17,20H,1,4-5,18-19H2,2H3. The van der Waals surface area contributed by atoms with Crippen molar-refractivity contribution in [1.82, 2.24) is 0 Å². The van der Waals surface area contributed by atoms with Gasteiger partial charge >= 0.3 is 11.9 Å². The molecule has 0 saturated carbocycles. The molecule has 7 heteroatoms. The molecule has 3 aromatic carbocycles. The molecule has 3 rings (SSSR count). The number of rotatable bonds is 10. The maximum Gasteiger partial charge on any atom is 0.343 e. The third-order valence-electron chi connectivity index (χ3n) is 4.71. The van der Waals surface area contributed by atoms with Gasteiger partial charge in [-0.1, -0.05) is 18.4 Å². The summed E-state index contributed by atoms with van der Waals surface area (Å²) in [7, 11) is 0. The second-order valence-electron chi connectivity index (χ2n) is 7.34. The monoisotopic (exact) mass is 488 g/mol. The zero-order valence-corrected chi connectivity index (χ0v) is 19.8. The molecule has 6 nitrogen and oxygen atoms in total. The molecule has 3 aromatic rings. The van der Waals surface area contributed by atoms with E-state index in [0.717, 1.165) is 17.4 Å². The average molecular weight is 489 g/mol. The van der Waals surface area contributed by atoms with Crippen LogP contribution in [0.3, 0.4) is 0 Å². The van der Waals surface area contributed by atoms with E-state index in [1.165, 1.54) is 24.3 Å². The van der Waals surface area contributed by atoms with Crippen LogP contribution in [-0.2, 0) is 9.53 Å². The Labute approximate surface area is 209 Å². The number of esters is 2. The van der Waals surface area contributed by atoms with E-state index in [1.54, 1.807) is 18.2 Å². The summed E-state index contributed by atoms with van der Waals surface area (Å²) in [6.45, 7) is 6.35. The van der Waals surface area contributed by atoms with E-state index < -0.39 is 17.8 Å². The highest BCUT2D eigenvalue weighted by atomic mass is 19.1. The molecule has 0 aliphatic rings. The molecule has 0 aromatic heterocycles. The van der Waals surface area contributed by atoms with Crippen molar-refractivity contribution in [3.05, 3.63) is 102 Å². The highest BCUT2D eigenvalue weighted by Crippen LogP contribution is 2.21. The molecule has 0 aliphatic carbocycles. The van der Waals surface area contributed by atoms with Crippen LogP contribution in [0.2, 0.25) is 0 Å². The topological polar surface area (TPSA) is 71.1 Å². The van der Waals surface area contributed by atoms with Crippen LogP contribution in [0.5, 0.6) is 17.2 Å². The molecule has 0 aliphatic heterocycles. The molecule has 0 saturated heterocycles. The van der Waals surface area contributed by atoms with Gasteiger partial charge in [0.2, 0.25) is 0 Å². The first-order chi connectivity index (χ1) is 17.5. The molecule has 0 radical (unpaired) electrons. The Morgan fingerprint density at radius 1 is 0.889 bits per heavy atom. The van der Waals surface area contributed by atoms with Crippen LogP contribution in [-0.4, -0.2) is 31.8 Å². The molecule has 0 unspecified atom stereocenters. The third-order valence-corrected chi connectivity index (χ3v) is 4.71. The Hall–Kier alpha value is -4.57. The Balaban J connectivity index is 1.53. The molecule has 0 N–H and O–H groups in total. The summed E-state index contributed by atoms with van der Waals surface area (Å²) in [5.74, 6) is 5.06. The van der Waals surface area contributed by atoms with Crippen LogP contribution in [0.15, 0.2) is 79.4 Å². The van der Waals surface area contributed by atoms with E-state index in [-0.39, 0.29) is 17.9 Å². The van der Waals surface area contributed by atoms with E-state index in [2.05, 4.69) is 18.4 Å². The first-order valence-electron chi connectivity index (χ1n) is 11.3. The highest BCUT2D eigenvalue weighted by molar-refractivity contribution is 5.91. The molecule has 0 bridgehead atoms. The van der Waals surface area contributed by atoms with Crippen molar-refractivity contribution in [3.63, 3.8) is 0 Å². The van der Waals surface area contributed by atoms with Crippen molar-refractivity contribution in [2.24, 2.45) is 0 Å². The van der Waals surface area contributed by atoms with Gasteiger partial charge in [0.05, 0.1) is 25.4 Å². The van der Waals surface area contributed by atoms with Gasteiger partial charge in [-0.3, -0.25) is 0 Å². The molecule has 184 valence electrons. The lowest BCUT2D eigenvalue weighted by Crippen LogP contribution is -2.10. The van der Waals surface area contributed by atoms with Gasteiger partial charge in [0.15, 0.2) is 11.6 Å². The lowest BCUT2D eigenvalue weighted by molar-refractivity contribution is -0.137. The van der Waals surface area contributed by atoms with Crippen molar-refractivity contribution in [2.45, 2.75) is 13.3 Å². The van der Waals surface area contributed by atoms with E-state index >= 15 is 0 Å². The van der Waals surface area contributed by atoms with Crippen LogP contribution in [0, 0.1) is 17.7 Å². The first kappa shape index (κ1) is 26.0. The summed E-state index contributed by atoms with van der Waals surface area (Å²) in [6.07, 6.45) is 1.60. The van der Waals surface area contributed by atoms with E-state index in [4.69, 9.17) is 18.9 Å². The number of hydrogen-bond acceptors (Lipinski definition) is 6. The number of carbonyl (C=O) groups excluding carboxylic acids is 2. The van der Waals surface area contributed by atoms with E-state index in [1.807, 2.05) is 31.2 Å². The minimum absolute atomic E-state index is 0.194. The molecule has 0 spiro atoms. The van der Waals surface area contributed by atoms with Gasteiger partial charge < -0.3 is 18.9 Å². The lowest BCUT2D eigenvalue weighted by atomic mass is 10.1. The Bertz CT molecular complexity index is 1250. The zero-order valence-electron chi connectivity index (χ0n) is 19.8. The average Bonchev–Trinajstić information content (AvgIpc) is 2.89.